The van der Waals surface area contributed by atoms with Gasteiger partial charge in [-0.2, -0.15) is 0 Å². The molecule has 214 valence electrons. The maximum Gasteiger partial charge on any atom is 0.271 e. The van der Waals surface area contributed by atoms with E-state index in [9.17, 15) is 9.18 Å². The molecule has 0 saturated carbocycles. The molecular formula is C32H24BrCl2FN2O3S. The number of aryl methyl sites for hydroxylation is 2. The Balaban J connectivity index is 1.49. The van der Waals surface area contributed by atoms with Gasteiger partial charge in [0, 0.05) is 10.0 Å². The molecule has 1 aliphatic rings. The number of thioether (sulfide) groups is 1. The average molecular weight is 686 g/mol. The van der Waals surface area contributed by atoms with Gasteiger partial charge in [-0.1, -0.05) is 47.5 Å². The summed E-state index contributed by atoms with van der Waals surface area (Å²) in [5.41, 5.74) is 4.58. The van der Waals surface area contributed by atoms with Crippen LogP contribution in [-0.2, 0) is 11.4 Å². The van der Waals surface area contributed by atoms with E-state index in [0.29, 0.717) is 53.0 Å². The van der Waals surface area contributed by atoms with E-state index in [1.807, 2.05) is 44.2 Å². The molecule has 5 rings (SSSR count). The zero-order valence-corrected chi connectivity index (χ0v) is 26.7. The fourth-order valence-corrected chi connectivity index (χ4v) is 6.03. The lowest BCUT2D eigenvalue weighted by Crippen LogP contribution is -2.28. The summed E-state index contributed by atoms with van der Waals surface area (Å²) in [6, 6.07) is 20.7. The van der Waals surface area contributed by atoms with E-state index in [-0.39, 0.29) is 18.3 Å². The van der Waals surface area contributed by atoms with Crippen LogP contribution in [0.1, 0.15) is 22.3 Å². The number of halogens is 4. The van der Waals surface area contributed by atoms with E-state index in [1.54, 1.807) is 48.4 Å². The summed E-state index contributed by atoms with van der Waals surface area (Å²) >= 11 is 17.6. The number of carbonyl (C=O) groups is 1. The molecule has 0 radical (unpaired) electrons. The first-order valence-corrected chi connectivity index (χ1v) is 15.1. The summed E-state index contributed by atoms with van der Waals surface area (Å²) < 4.78 is 25.5. The number of rotatable bonds is 7. The third kappa shape index (κ3) is 6.68. The van der Waals surface area contributed by atoms with Crippen molar-refractivity contribution in [1.82, 2.24) is 0 Å². The molecule has 0 unspecified atom stereocenters. The number of hydrogen-bond acceptors (Lipinski definition) is 5. The van der Waals surface area contributed by atoms with Gasteiger partial charge in [0.05, 0.1) is 27.9 Å². The Labute approximate surface area is 266 Å². The summed E-state index contributed by atoms with van der Waals surface area (Å²) in [5.74, 6) is 0.403. The molecule has 10 heteroatoms. The molecule has 0 atom stereocenters. The SMILES string of the molecule is COc1cc(/C=C2/SC(=Nc3ccc(C)c(Cl)c3)N(c3ccc(C)c(Cl)c3)C2=O)cc(Br)c1OCc1ccc(F)cc1. The van der Waals surface area contributed by atoms with Crippen LogP contribution in [0.5, 0.6) is 11.5 Å². The Morgan fingerprint density at radius 1 is 0.976 bits per heavy atom. The summed E-state index contributed by atoms with van der Waals surface area (Å²) in [4.78, 5) is 20.6. The first kappa shape index (κ1) is 30.2. The number of amidine groups is 1. The van der Waals surface area contributed by atoms with Gasteiger partial charge in [-0.25, -0.2) is 9.38 Å². The number of benzene rings is 4. The standard InChI is InChI=1S/C32H24BrCl2FN2O3S/c1-18-4-10-23(15-26(18)34)37-32-38(24-11-5-19(2)27(35)16-24)31(39)29(42-32)14-21-12-25(33)30(28(13-21)40-3)41-17-20-6-8-22(36)9-7-20/h4-16H,17H2,1-3H3/b29-14+,37-32?. The number of amides is 1. The van der Waals surface area contributed by atoms with Crippen LogP contribution in [0.3, 0.4) is 0 Å². The third-order valence-corrected chi connectivity index (χ3v) is 8.82. The van der Waals surface area contributed by atoms with Crippen molar-refractivity contribution in [1.29, 1.82) is 0 Å². The lowest BCUT2D eigenvalue weighted by molar-refractivity contribution is -0.113. The second-order valence-corrected chi connectivity index (χ2v) is 12.1. The molecule has 0 aliphatic carbocycles. The van der Waals surface area contributed by atoms with Crippen molar-refractivity contribution < 1.29 is 18.7 Å². The number of hydrogen-bond donors (Lipinski definition) is 0. The van der Waals surface area contributed by atoms with Gasteiger partial charge in [0.25, 0.3) is 5.91 Å². The number of aliphatic imine (C=N–C) groups is 1. The van der Waals surface area contributed by atoms with E-state index < -0.39 is 0 Å². The molecule has 5 nitrogen and oxygen atoms in total. The van der Waals surface area contributed by atoms with Gasteiger partial charge in [-0.3, -0.25) is 9.69 Å². The van der Waals surface area contributed by atoms with E-state index in [1.165, 1.54) is 23.9 Å². The van der Waals surface area contributed by atoms with Crippen LogP contribution < -0.4 is 14.4 Å². The van der Waals surface area contributed by atoms with Crippen molar-refractivity contribution in [3.05, 3.63) is 120 Å². The van der Waals surface area contributed by atoms with Crippen LogP contribution in [0.4, 0.5) is 15.8 Å². The van der Waals surface area contributed by atoms with E-state index in [2.05, 4.69) is 15.9 Å². The number of nitrogens with zero attached hydrogens (tertiary/aromatic N) is 2. The van der Waals surface area contributed by atoms with Gasteiger partial charge in [-0.15, -0.1) is 0 Å². The number of anilines is 1. The van der Waals surface area contributed by atoms with Crippen molar-refractivity contribution in [3.8, 4) is 11.5 Å². The molecule has 0 spiro atoms. The lowest BCUT2D eigenvalue weighted by Gasteiger charge is -2.17. The van der Waals surface area contributed by atoms with Crippen LogP contribution in [-0.4, -0.2) is 18.2 Å². The molecule has 1 aliphatic heterocycles. The average Bonchev–Trinajstić information content (AvgIpc) is 3.26. The van der Waals surface area contributed by atoms with Crippen LogP contribution in [0.2, 0.25) is 10.0 Å². The highest BCUT2D eigenvalue weighted by molar-refractivity contribution is 9.10. The van der Waals surface area contributed by atoms with Gasteiger partial charge in [0.1, 0.15) is 12.4 Å². The zero-order valence-electron chi connectivity index (χ0n) is 22.8. The molecular weight excluding hydrogens is 662 g/mol. The van der Waals surface area contributed by atoms with Gasteiger partial charge < -0.3 is 9.47 Å². The molecule has 0 N–H and O–H groups in total. The van der Waals surface area contributed by atoms with Crippen molar-refractivity contribution in [3.63, 3.8) is 0 Å². The van der Waals surface area contributed by atoms with Gasteiger partial charge in [0.2, 0.25) is 0 Å². The van der Waals surface area contributed by atoms with Crippen LogP contribution in [0, 0.1) is 19.7 Å². The van der Waals surface area contributed by atoms with E-state index in [0.717, 1.165) is 16.7 Å². The van der Waals surface area contributed by atoms with Gasteiger partial charge in [-0.05, 0) is 118 Å². The zero-order chi connectivity index (χ0) is 30.0. The minimum atomic E-state index is -0.311. The maximum absolute atomic E-state index is 13.8. The Morgan fingerprint density at radius 3 is 2.33 bits per heavy atom. The quantitative estimate of drug-likeness (QED) is 0.182. The van der Waals surface area contributed by atoms with Crippen LogP contribution in [0.15, 0.2) is 87.2 Å². The molecule has 4 aromatic carbocycles. The van der Waals surface area contributed by atoms with Crippen LogP contribution >= 0.6 is 50.9 Å². The Kier molecular flexibility index (Phi) is 9.28. The maximum atomic E-state index is 13.8. The first-order chi connectivity index (χ1) is 20.1. The molecule has 4 aromatic rings. The fourth-order valence-electron chi connectivity index (χ4n) is 4.11. The summed E-state index contributed by atoms with van der Waals surface area (Å²) in [7, 11) is 1.54. The third-order valence-electron chi connectivity index (χ3n) is 6.45. The minimum Gasteiger partial charge on any atom is -0.493 e. The lowest BCUT2D eigenvalue weighted by atomic mass is 10.1. The van der Waals surface area contributed by atoms with Crippen molar-refractivity contribution in [2.24, 2.45) is 4.99 Å². The molecule has 0 aromatic heterocycles. The summed E-state index contributed by atoms with van der Waals surface area (Å²) in [6.45, 7) is 4.04. The molecule has 1 amide bonds. The fraction of sp³-hybridized carbons (Fsp3) is 0.125. The number of ether oxygens (including phenoxy) is 2. The Morgan fingerprint density at radius 2 is 1.67 bits per heavy atom. The van der Waals surface area contributed by atoms with Gasteiger partial charge in [0.15, 0.2) is 16.7 Å². The Bertz CT molecular complexity index is 1740. The van der Waals surface area contributed by atoms with E-state index in [4.69, 9.17) is 37.7 Å². The van der Waals surface area contributed by atoms with Gasteiger partial charge >= 0.3 is 0 Å². The number of carbonyl (C=O) groups excluding carboxylic acids is 1. The molecule has 1 saturated heterocycles. The predicted molar refractivity (Wildman–Crippen MR) is 174 cm³/mol. The largest absolute Gasteiger partial charge is 0.493 e. The Hall–Kier alpha value is -3.30. The second kappa shape index (κ2) is 12.9. The number of methoxy groups -OCH3 is 1. The highest BCUT2D eigenvalue weighted by Gasteiger charge is 2.35. The molecule has 42 heavy (non-hydrogen) atoms. The monoisotopic (exact) mass is 684 g/mol. The summed E-state index contributed by atoms with van der Waals surface area (Å²) in [6.07, 6.45) is 1.78. The predicted octanol–water partition coefficient (Wildman–Crippen LogP) is 9.91. The van der Waals surface area contributed by atoms with E-state index >= 15 is 0 Å². The van der Waals surface area contributed by atoms with Crippen molar-refractivity contribution in [2.45, 2.75) is 20.5 Å². The smallest absolute Gasteiger partial charge is 0.271 e. The molecule has 0 bridgehead atoms. The molecule has 1 fully saturated rings. The summed E-state index contributed by atoms with van der Waals surface area (Å²) in [5, 5.41) is 1.60. The second-order valence-electron chi connectivity index (χ2n) is 9.46. The van der Waals surface area contributed by atoms with Crippen molar-refractivity contribution >= 4 is 79.4 Å². The minimum absolute atomic E-state index is 0.223. The van der Waals surface area contributed by atoms with Crippen molar-refractivity contribution in [2.75, 3.05) is 12.0 Å². The highest BCUT2D eigenvalue weighted by atomic mass is 79.9. The van der Waals surface area contributed by atoms with Crippen LogP contribution in [0.25, 0.3) is 6.08 Å². The first-order valence-electron chi connectivity index (χ1n) is 12.7. The molecule has 1 heterocycles. The topological polar surface area (TPSA) is 51.1 Å². The highest BCUT2D eigenvalue weighted by Crippen LogP contribution is 2.41. The normalized spacial score (nSPS) is 15.1.